The fourth-order valence-corrected chi connectivity index (χ4v) is 4.51. The molecule has 0 bridgehead atoms. The number of benzene rings is 1. The molecule has 36 heavy (non-hydrogen) atoms. The van der Waals surface area contributed by atoms with Gasteiger partial charge in [-0.2, -0.15) is 4.48 Å². The van der Waals surface area contributed by atoms with Crippen LogP contribution in [-0.2, 0) is 14.4 Å². The second-order valence-corrected chi connectivity index (χ2v) is 10.8. The third-order valence-electron chi connectivity index (χ3n) is 6.42. The SMILES string of the molecule is CC(C)(C)[C@H](NC(=O)c1cccc(OC2CC2)c1Cl)C(=O)[N+]1(C(=O)N[C@H](C=O)CC(=O)O)CCCC1. The van der Waals surface area contributed by atoms with E-state index in [1.807, 2.05) is 0 Å². The quantitative estimate of drug-likeness (QED) is 0.334. The van der Waals surface area contributed by atoms with Gasteiger partial charge in [0.05, 0.1) is 36.2 Å². The van der Waals surface area contributed by atoms with Gasteiger partial charge in [0, 0.05) is 12.8 Å². The van der Waals surface area contributed by atoms with E-state index in [9.17, 15) is 24.0 Å². The lowest BCUT2D eigenvalue weighted by Gasteiger charge is -2.37. The van der Waals surface area contributed by atoms with Gasteiger partial charge in [-0.3, -0.25) is 14.9 Å². The lowest BCUT2D eigenvalue weighted by atomic mass is 9.85. The molecule has 1 aliphatic heterocycles. The minimum atomic E-state index is -1.27. The summed E-state index contributed by atoms with van der Waals surface area (Å²) < 4.78 is 5.13. The van der Waals surface area contributed by atoms with Crippen molar-refractivity contribution in [3.63, 3.8) is 0 Å². The molecule has 0 unspecified atom stereocenters. The van der Waals surface area contributed by atoms with Gasteiger partial charge in [0.25, 0.3) is 5.91 Å². The van der Waals surface area contributed by atoms with Crippen molar-refractivity contribution in [1.82, 2.24) is 10.6 Å². The van der Waals surface area contributed by atoms with E-state index in [0.717, 1.165) is 12.8 Å². The standard InChI is InChI=1S/C25H32ClN3O7/c1-25(2,3)21(28-22(33)17-7-6-8-18(20(17)26)36-16-9-10-16)23(34)29(11-4-5-12-29)24(35)27-15(14-30)13-19(31)32/h6-8,14-16,21H,4-5,9-13H2,1-3H3,(H2-,27,28,31,32,33,35)/p+1/t15-,21+/m0/s1. The van der Waals surface area contributed by atoms with E-state index < -0.39 is 52.2 Å². The summed E-state index contributed by atoms with van der Waals surface area (Å²) in [5, 5.41) is 14.3. The molecule has 11 heteroatoms. The highest BCUT2D eigenvalue weighted by Gasteiger charge is 2.53. The molecule has 2 atom stereocenters. The van der Waals surface area contributed by atoms with E-state index in [1.54, 1.807) is 32.9 Å². The number of carbonyl (C=O) groups is 5. The van der Waals surface area contributed by atoms with Crippen LogP contribution in [0.25, 0.3) is 0 Å². The Kier molecular flexibility index (Phi) is 8.40. The van der Waals surface area contributed by atoms with Crippen molar-refractivity contribution >= 4 is 41.7 Å². The average molecular weight is 523 g/mol. The minimum absolute atomic E-state index is 0.0825. The Morgan fingerprint density at radius 3 is 2.33 bits per heavy atom. The first-order valence-corrected chi connectivity index (χ1v) is 12.4. The van der Waals surface area contributed by atoms with E-state index in [4.69, 9.17) is 21.4 Å². The monoisotopic (exact) mass is 522 g/mol. The van der Waals surface area contributed by atoms with Gasteiger partial charge >= 0.3 is 17.9 Å². The Morgan fingerprint density at radius 1 is 1.17 bits per heavy atom. The number of urea groups is 1. The highest BCUT2D eigenvalue weighted by Crippen LogP contribution is 2.34. The molecule has 10 nitrogen and oxygen atoms in total. The number of carbonyl (C=O) groups excluding carboxylic acids is 4. The van der Waals surface area contributed by atoms with E-state index in [-0.39, 0.29) is 29.8 Å². The summed E-state index contributed by atoms with van der Waals surface area (Å²) in [7, 11) is 0. The summed E-state index contributed by atoms with van der Waals surface area (Å²) in [5.74, 6) is -1.97. The normalized spacial score (nSPS) is 18.6. The third-order valence-corrected chi connectivity index (χ3v) is 6.81. The van der Waals surface area contributed by atoms with Crippen LogP contribution in [0.2, 0.25) is 5.02 Å². The number of hydrogen-bond donors (Lipinski definition) is 3. The maximum absolute atomic E-state index is 14.0. The van der Waals surface area contributed by atoms with Crippen LogP contribution in [0.3, 0.4) is 0 Å². The predicted molar refractivity (Wildman–Crippen MR) is 131 cm³/mol. The number of nitrogens with zero attached hydrogens (tertiary/aromatic N) is 1. The van der Waals surface area contributed by atoms with Gasteiger partial charge < -0.3 is 20.0 Å². The van der Waals surface area contributed by atoms with Crippen LogP contribution in [0.5, 0.6) is 5.75 Å². The zero-order chi connectivity index (χ0) is 26.7. The highest BCUT2D eigenvalue weighted by molar-refractivity contribution is 6.35. The number of likely N-dealkylation sites (tertiary alicyclic amines) is 1. The fraction of sp³-hybridized carbons (Fsp3) is 0.560. The van der Waals surface area contributed by atoms with Gasteiger partial charge in [-0.05, 0) is 30.4 Å². The predicted octanol–water partition coefficient (Wildman–Crippen LogP) is 2.91. The molecule has 1 heterocycles. The number of carboxylic acids is 1. The molecular weight excluding hydrogens is 490 g/mol. The number of hydrogen-bond acceptors (Lipinski definition) is 6. The first-order chi connectivity index (χ1) is 16.9. The molecule has 3 N–H and O–H groups in total. The Bertz CT molecular complexity index is 1040. The van der Waals surface area contributed by atoms with Crippen LogP contribution in [-0.4, -0.2) is 71.0 Å². The van der Waals surface area contributed by atoms with Crippen molar-refractivity contribution < 1.29 is 38.3 Å². The second-order valence-electron chi connectivity index (χ2n) is 10.5. The van der Waals surface area contributed by atoms with Crippen LogP contribution in [0.15, 0.2) is 18.2 Å². The van der Waals surface area contributed by atoms with Gasteiger partial charge in [0.15, 0.2) is 6.04 Å². The van der Waals surface area contributed by atoms with Gasteiger partial charge in [0.1, 0.15) is 18.1 Å². The lowest BCUT2D eigenvalue weighted by molar-refractivity contribution is -0.761. The number of amides is 4. The Balaban J connectivity index is 1.87. The zero-order valence-corrected chi connectivity index (χ0v) is 21.5. The summed E-state index contributed by atoms with van der Waals surface area (Å²) in [5.41, 5.74) is -0.627. The number of carboxylic acid groups (broad SMARTS) is 1. The maximum atomic E-state index is 14.0. The Labute approximate surface area is 214 Å². The fourth-order valence-electron chi connectivity index (χ4n) is 4.25. The number of aldehydes is 1. The summed E-state index contributed by atoms with van der Waals surface area (Å²) >= 11 is 6.45. The summed E-state index contributed by atoms with van der Waals surface area (Å²) in [6.45, 7) is 5.67. The van der Waals surface area contributed by atoms with E-state index in [0.29, 0.717) is 24.9 Å². The molecule has 0 radical (unpaired) electrons. The summed E-state index contributed by atoms with van der Waals surface area (Å²) in [6.07, 6.45) is 2.84. The van der Waals surface area contributed by atoms with Crippen LogP contribution in [0.4, 0.5) is 4.79 Å². The molecular formula is C25H33ClN3O7+. The molecule has 1 saturated heterocycles. The molecule has 4 amide bonds. The molecule has 2 aliphatic rings. The van der Waals surface area contributed by atoms with Crippen LogP contribution >= 0.6 is 11.6 Å². The number of aliphatic carboxylic acids is 1. The molecule has 1 aromatic carbocycles. The number of ether oxygens (including phenoxy) is 1. The zero-order valence-electron chi connectivity index (χ0n) is 20.7. The summed E-state index contributed by atoms with van der Waals surface area (Å²) in [6, 6.07) is 1.77. The first kappa shape index (κ1) is 27.6. The number of halogens is 1. The van der Waals surface area contributed by atoms with Crippen molar-refractivity contribution in [1.29, 1.82) is 0 Å². The van der Waals surface area contributed by atoms with E-state index >= 15 is 0 Å². The Morgan fingerprint density at radius 2 is 1.81 bits per heavy atom. The minimum Gasteiger partial charge on any atom is -0.489 e. The van der Waals surface area contributed by atoms with Crippen molar-refractivity contribution in [2.75, 3.05) is 13.1 Å². The van der Waals surface area contributed by atoms with E-state index in [1.165, 1.54) is 6.07 Å². The smallest absolute Gasteiger partial charge is 0.424 e. The maximum Gasteiger partial charge on any atom is 0.424 e. The van der Waals surface area contributed by atoms with Crippen molar-refractivity contribution in [2.24, 2.45) is 5.41 Å². The van der Waals surface area contributed by atoms with Crippen molar-refractivity contribution in [3.8, 4) is 5.75 Å². The molecule has 1 aliphatic carbocycles. The van der Waals surface area contributed by atoms with Crippen LogP contribution in [0.1, 0.15) is 63.2 Å². The molecule has 2 fully saturated rings. The number of rotatable bonds is 9. The molecule has 1 saturated carbocycles. The lowest BCUT2D eigenvalue weighted by Crippen LogP contribution is -2.67. The largest absolute Gasteiger partial charge is 0.489 e. The number of imide groups is 1. The highest BCUT2D eigenvalue weighted by atomic mass is 35.5. The number of nitrogens with one attached hydrogen (secondary N) is 2. The molecule has 0 aromatic heterocycles. The van der Waals surface area contributed by atoms with Crippen LogP contribution in [0, 0.1) is 5.41 Å². The van der Waals surface area contributed by atoms with Crippen LogP contribution < -0.4 is 15.4 Å². The molecule has 196 valence electrons. The van der Waals surface area contributed by atoms with E-state index in [2.05, 4.69) is 10.6 Å². The third kappa shape index (κ3) is 6.22. The molecule has 0 spiro atoms. The van der Waals surface area contributed by atoms with Gasteiger partial charge in [0.2, 0.25) is 0 Å². The number of quaternary nitrogens is 1. The second kappa shape index (κ2) is 11.0. The average Bonchev–Trinajstić information content (AvgIpc) is 3.47. The summed E-state index contributed by atoms with van der Waals surface area (Å²) in [4.78, 5) is 62.9. The van der Waals surface area contributed by atoms with Crippen molar-refractivity contribution in [3.05, 3.63) is 28.8 Å². The first-order valence-electron chi connectivity index (χ1n) is 12.0. The topological polar surface area (TPSA) is 139 Å². The van der Waals surface area contributed by atoms with Crippen molar-refractivity contribution in [2.45, 2.75) is 71.1 Å². The van der Waals surface area contributed by atoms with Gasteiger partial charge in [-0.1, -0.05) is 38.4 Å². The molecule has 1 aromatic rings. The molecule has 3 rings (SSSR count). The van der Waals surface area contributed by atoms with Gasteiger partial charge in [-0.25, -0.2) is 9.59 Å². The Hall–Kier alpha value is -2.98. The van der Waals surface area contributed by atoms with Gasteiger partial charge in [-0.15, -0.1) is 0 Å².